The molecule has 24 heavy (non-hydrogen) atoms. The van der Waals surface area contributed by atoms with Crippen LogP contribution in [0.1, 0.15) is 5.69 Å². The van der Waals surface area contributed by atoms with Crippen molar-refractivity contribution in [2.45, 2.75) is 17.4 Å². The molecule has 0 radical (unpaired) electrons. The molecule has 0 aliphatic rings. The van der Waals surface area contributed by atoms with Gasteiger partial charge in [-0.05, 0) is 0 Å². The number of carbonyl (C=O) groups excluding carboxylic acids is 1. The zero-order chi connectivity index (χ0) is 17.1. The van der Waals surface area contributed by atoms with Gasteiger partial charge < -0.3 is 10.7 Å². The lowest BCUT2D eigenvalue weighted by atomic mass is 10.1. The van der Waals surface area contributed by atoms with Crippen LogP contribution in [0.4, 0.5) is 22.0 Å². The van der Waals surface area contributed by atoms with Crippen LogP contribution in [0.5, 0.6) is 0 Å². The van der Waals surface area contributed by atoms with Crippen LogP contribution in [0.2, 0.25) is 0 Å². The first-order valence-corrected chi connectivity index (χ1v) is 7.21. The zero-order valence-electron chi connectivity index (χ0n) is 11.8. The second-order valence-electron chi connectivity index (χ2n) is 4.54. The summed E-state index contributed by atoms with van der Waals surface area (Å²) >= 11 is 0.208. The number of nitrogens with one attached hydrogen (secondary N) is 1. The van der Waals surface area contributed by atoms with E-state index in [9.17, 15) is 26.7 Å². The number of rotatable bonds is 6. The van der Waals surface area contributed by atoms with Crippen molar-refractivity contribution in [3.8, 4) is 0 Å². The van der Waals surface area contributed by atoms with Gasteiger partial charge >= 0.3 is 0 Å². The van der Waals surface area contributed by atoms with Crippen LogP contribution in [-0.4, -0.2) is 27.5 Å². The first-order valence-electron chi connectivity index (χ1n) is 6.22. The molecule has 1 atom stereocenters. The van der Waals surface area contributed by atoms with Crippen molar-refractivity contribution in [1.82, 2.24) is 9.97 Å². The van der Waals surface area contributed by atoms with Gasteiger partial charge in [0.05, 0.1) is 23.0 Å². The van der Waals surface area contributed by atoms with Gasteiger partial charge in [0.25, 0.3) is 0 Å². The van der Waals surface area contributed by atoms with Crippen molar-refractivity contribution in [2.75, 3.05) is 5.75 Å². The first-order chi connectivity index (χ1) is 10.8. The smallest absolute Gasteiger partial charge is 0.200 e. The minimum absolute atomic E-state index is 0. The van der Waals surface area contributed by atoms with Crippen molar-refractivity contribution >= 4 is 30.0 Å². The predicted molar refractivity (Wildman–Crippen MR) is 79.5 cm³/mol. The van der Waals surface area contributed by atoms with E-state index in [1.54, 1.807) is 0 Å². The Labute approximate surface area is 143 Å². The molecule has 1 aromatic heterocycles. The number of hydrogen-bond donors (Lipinski definition) is 2. The van der Waals surface area contributed by atoms with Crippen molar-refractivity contribution in [3.63, 3.8) is 0 Å². The second-order valence-corrected chi connectivity index (χ2v) is 5.53. The highest BCUT2D eigenvalue weighted by atomic mass is 35.5. The fourth-order valence-electron chi connectivity index (χ4n) is 1.71. The lowest BCUT2D eigenvalue weighted by Gasteiger charge is -2.10. The van der Waals surface area contributed by atoms with Crippen LogP contribution < -0.4 is 5.73 Å². The van der Waals surface area contributed by atoms with E-state index < -0.39 is 51.6 Å². The highest BCUT2D eigenvalue weighted by molar-refractivity contribution is 8.00. The number of nitrogens with two attached hydrogens (primary N) is 1. The molecule has 0 aliphatic carbocycles. The number of hydrogen-bond acceptors (Lipinski definition) is 4. The monoisotopic (exact) mass is 387 g/mol. The van der Waals surface area contributed by atoms with Crippen LogP contribution in [-0.2, 0) is 11.2 Å². The summed E-state index contributed by atoms with van der Waals surface area (Å²) < 4.78 is 65.9. The zero-order valence-corrected chi connectivity index (χ0v) is 13.4. The summed E-state index contributed by atoms with van der Waals surface area (Å²) in [6.45, 7) is 0. The first kappa shape index (κ1) is 20.4. The Balaban J connectivity index is 0.00000288. The predicted octanol–water partition coefficient (Wildman–Crippen LogP) is 2.76. The topological polar surface area (TPSA) is 71.8 Å². The van der Waals surface area contributed by atoms with Gasteiger partial charge in [0, 0.05) is 18.3 Å². The molecule has 11 heteroatoms. The number of imidazole rings is 1. The molecule has 2 aromatic rings. The maximum Gasteiger partial charge on any atom is 0.200 e. The van der Waals surface area contributed by atoms with Crippen molar-refractivity contribution in [2.24, 2.45) is 5.73 Å². The number of carbonyl (C=O) groups is 1. The van der Waals surface area contributed by atoms with E-state index in [2.05, 4.69) is 9.97 Å². The average Bonchev–Trinajstić information content (AvgIpc) is 3.03. The number of halogens is 6. The van der Waals surface area contributed by atoms with Crippen molar-refractivity contribution < 1.29 is 26.7 Å². The summed E-state index contributed by atoms with van der Waals surface area (Å²) in [4.78, 5) is 17.2. The van der Waals surface area contributed by atoms with Crippen molar-refractivity contribution in [3.05, 3.63) is 47.3 Å². The number of aromatic amines is 1. The van der Waals surface area contributed by atoms with Crippen LogP contribution in [0.25, 0.3) is 0 Å². The van der Waals surface area contributed by atoms with E-state index >= 15 is 0 Å². The van der Waals surface area contributed by atoms with Gasteiger partial charge in [0.1, 0.15) is 0 Å². The lowest BCUT2D eigenvalue weighted by molar-refractivity contribution is -0.117. The molecule has 4 nitrogen and oxygen atoms in total. The van der Waals surface area contributed by atoms with Gasteiger partial charge in [-0.15, -0.1) is 24.2 Å². The molecule has 0 saturated carbocycles. The highest BCUT2D eigenvalue weighted by Gasteiger charge is 2.27. The fourth-order valence-corrected chi connectivity index (χ4v) is 2.64. The molecule has 0 amide bonds. The Morgan fingerprint density at radius 3 is 2.17 bits per heavy atom. The van der Waals surface area contributed by atoms with E-state index in [1.165, 1.54) is 12.5 Å². The second kappa shape index (κ2) is 8.45. The molecule has 132 valence electrons. The van der Waals surface area contributed by atoms with Crippen LogP contribution in [0.3, 0.4) is 0 Å². The summed E-state index contributed by atoms with van der Waals surface area (Å²) in [5, 5.41) is 0. The molecule has 2 rings (SSSR count). The van der Waals surface area contributed by atoms with E-state index in [1.807, 2.05) is 0 Å². The van der Waals surface area contributed by atoms with Gasteiger partial charge in [0.15, 0.2) is 29.1 Å². The number of H-pyrrole nitrogens is 1. The molecule has 0 unspecified atom stereocenters. The maximum atomic E-state index is 13.5. The standard InChI is InChI=1S/C13H10F5N3OS.ClH/c14-8-9(15)11(17)13(12(18)10(8)16)23-3-7(22)6(19)1-5-2-20-4-21-5;/h2,4,6H,1,3,19H2,(H,20,21);1H/t6-;/m0./s1. The third-order valence-corrected chi connectivity index (χ3v) is 4.01. The summed E-state index contributed by atoms with van der Waals surface area (Å²) in [6, 6.07) is -0.996. The van der Waals surface area contributed by atoms with Gasteiger partial charge in [-0.25, -0.2) is 26.9 Å². The number of Topliss-reactive ketones (excluding diaryl/α,β-unsaturated/α-hetero) is 1. The Morgan fingerprint density at radius 1 is 1.12 bits per heavy atom. The molecule has 1 heterocycles. The Bertz CT molecular complexity index is 700. The van der Waals surface area contributed by atoms with E-state index in [4.69, 9.17) is 5.73 Å². The number of thioether (sulfide) groups is 1. The molecule has 0 fully saturated rings. The van der Waals surface area contributed by atoms with E-state index in [0.717, 1.165) is 0 Å². The number of ketones is 1. The normalized spacial score (nSPS) is 11.9. The third kappa shape index (κ3) is 4.25. The number of aromatic nitrogens is 2. The molecule has 0 spiro atoms. The summed E-state index contributed by atoms with van der Waals surface area (Å²) in [5.41, 5.74) is 6.20. The van der Waals surface area contributed by atoms with Crippen LogP contribution in [0, 0.1) is 29.1 Å². The number of benzene rings is 1. The van der Waals surface area contributed by atoms with Crippen molar-refractivity contribution in [1.29, 1.82) is 0 Å². The lowest BCUT2D eigenvalue weighted by Crippen LogP contribution is -2.34. The minimum atomic E-state index is -2.24. The SMILES string of the molecule is Cl.N[C@@H](Cc1cnc[nH]1)C(=O)CSc1c(F)c(F)c(F)c(F)c1F. The quantitative estimate of drug-likeness (QED) is 0.346. The Kier molecular flexibility index (Phi) is 7.18. The van der Waals surface area contributed by atoms with Gasteiger partial charge in [-0.1, -0.05) is 0 Å². The molecule has 0 bridgehead atoms. The number of nitrogens with zero attached hydrogens (tertiary/aromatic N) is 1. The average molecular weight is 388 g/mol. The van der Waals surface area contributed by atoms with Crippen LogP contribution in [0.15, 0.2) is 17.4 Å². The molecular weight excluding hydrogens is 377 g/mol. The fraction of sp³-hybridized carbons (Fsp3) is 0.231. The van der Waals surface area contributed by atoms with Crippen LogP contribution >= 0.6 is 24.2 Å². The van der Waals surface area contributed by atoms with E-state index in [-0.39, 0.29) is 30.6 Å². The van der Waals surface area contributed by atoms with Gasteiger partial charge in [-0.2, -0.15) is 0 Å². The molecule has 0 saturated heterocycles. The Morgan fingerprint density at radius 2 is 1.67 bits per heavy atom. The summed E-state index contributed by atoms with van der Waals surface area (Å²) in [6.07, 6.45) is 2.94. The summed E-state index contributed by atoms with van der Waals surface area (Å²) in [7, 11) is 0. The van der Waals surface area contributed by atoms with E-state index in [0.29, 0.717) is 5.69 Å². The summed E-state index contributed by atoms with van der Waals surface area (Å²) in [5.74, 6) is -11.4. The maximum absolute atomic E-state index is 13.5. The molecule has 0 aliphatic heterocycles. The molecule has 3 N–H and O–H groups in total. The molecular formula is C13H11ClF5N3OS. The molecule has 1 aromatic carbocycles. The third-order valence-electron chi connectivity index (χ3n) is 2.94. The Hall–Kier alpha value is -1.65. The van der Waals surface area contributed by atoms with Gasteiger partial charge in [0.2, 0.25) is 5.82 Å². The largest absolute Gasteiger partial charge is 0.348 e. The highest BCUT2D eigenvalue weighted by Crippen LogP contribution is 2.30. The van der Waals surface area contributed by atoms with Gasteiger partial charge in [-0.3, -0.25) is 4.79 Å². The minimum Gasteiger partial charge on any atom is -0.348 e.